The fourth-order valence-corrected chi connectivity index (χ4v) is 3.27. The fraction of sp³-hybridized carbons (Fsp3) is 0.211. The number of hydrogen-bond donors (Lipinski definition) is 0. The minimum atomic E-state index is -0.913. The second kappa shape index (κ2) is 7.59. The van der Waals surface area contributed by atoms with Gasteiger partial charge in [-0.05, 0) is 36.1 Å². The third-order valence-corrected chi connectivity index (χ3v) is 4.75. The Morgan fingerprint density at radius 3 is 2.79 bits per heavy atom. The molecule has 9 heteroatoms. The van der Waals surface area contributed by atoms with E-state index < -0.39 is 18.1 Å². The third-order valence-electron chi connectivity index (χ3n) is 4.21. The summed E-state index contributed by atoms with van der Waals surface area (Å²) in [4.78, 5) is 20.6. The Hall–Kier alpha value is -2.94. The van der Waals surface area contributed by atoms with Gasteiger partial charge in [0.25, 0.3) is 5.56 Å². The van der Waals surface area contributed by atoms with Crippen LogP contribution in [0.25, 0.3) is 11.3 Å². The summed E-state index contributed by atoms with van der Waals surface area (Å²) in [6, 6.07) is 7.82. The summed E-state index contributed by atoms with van der Waals surface area (Å²) in [7, 11) is 0. The molecule has 0 saturated heterocycles. The van der Waals surface area contributed by atoms with Gasteiger partial charge in [-0.2, -0.15) is 0 Å². The molecule has 0 spiro atoms. The maximum atomic E-state index is 14.3. The van der Waals surface area contributed by atoms with Crippen LogP contribution in [-0.2, 0) is 13.2 Å². The van der Waals surface area contributed by atoms with Crippen molar-refractivity contribution in [2.75, 3.05) is 13.0 Å². The standard InChI is InChI=1S/C19H15F2N3O3S/c1-28-19-22-13(7-20)6-15(23-19)12-5-14(21)18(25)24(9-12)8-11-2-3-16-17(4-11)27-10-26-16/h2-6,9H,7-8,10H2,1H3. The zero-order chi connectivity index (χ0) is 19.7. The van der Waals surface area contributed by atoms with Crippen LogP contribution in [0.5, 0.6) is 11.5 Å². The van der Waals surface area contributed by atoms with Gasteiger partial charge in [0, 0.05) is 11.8 Å². The lowest BCUT2D eigenvalue weighted by Crippen LogP contribution is -2.23. The van der Waals surface area contributed by atoms with E-state index in [1.807, 2.05) is 0 Å². The molecule has 1 aliphatic heterocycles. The van der Waals surface area contributed by atoms with Crippen molar-refractivity contribution in [3.05, 3.63) is 64.0 Å². The summed E-state index contributed by atoms with van der Waals surface area (Å²) in [6.07, 6.45) is 3.27. The highest BCUT2D eigenvalue weighted by Crippen LogP contribution is 2.32. The van der Waals surface area contributed by atoms with Crippen LogP contribution in [0.2, 0.25) is 0 Å². The Bertz CT molecular complexity index is 1080. The van der Waals surface area contributed by atoms with Crippen molar-refractivity contribution in [2.45, 2.75) is 18.4 Å². The number of fused-ring (bicyclic) bond motifs is 1. The van der Waals surface area contributed by atoms with E-state index in [1.165, 1.54) is 28.6 Å². The maximum Gasteiger partial charge on any atom is 0.286 e. The number of hydrogen-bond acceptors (Lipinski definition) is 6. The van der Waals surface area contributed by atoms with Crippen molar-refractivity contribution in [3.63, 3.8) is 0 Å². The molecule has 0 radical (unpaired) electrons. The van der Waals surface area contributed by atoms with Gasteiger partial charge in [0.1, 0.15) is 6.67 Å². The van der Waals surface area contributed by atoms with E-state index in [0.29, 0.717) is 27.9 Å². The predicted molar refractivity (Wildman–Crippen MR) is 99.9 cm³/mol. The summed E-state index contributed by atoms with van der Waals surface area (Å²) in [5.41, 5.74) is 0.907. The minimum Gasteiger partial charge on any atom is -0.454 e. The summed E-state index contributed by atoms with van der Waals surface area (Å²) >= 11 is 1.26. The van der Waals surface area contributed by atoms with E-state index in [9.17, 15) is 13.6 Å². The number of rotatable bonds is 5. The van der Waals surface area contributed by atoms with Crippen LogP contribution in [0.4, 0.5) is 8.78 Å². The SMILES string of the molecule is CSc1nc(CF)cc(-c2cc(F)c(=O)n(Cc3ccc4c(c3)OCO4)c2)n1. The monoisotopic (exact) mass is 403 g/mol. The van der Waals surface area contributed by atoms with Crippen molar-refractivity contribution >= 4 is 11.8 Å². The minimum absolute atomic E-state index is 0.136. The molecule has 2 aromatic heterocycles. The second-order valence-electron chi connectivity index (χ2n) is 6.06. The van der Waals surface area contributed by atoms with Crippen molar-refractivity contribution < 1.29 is 18.3 Å². The van der Waals surface area contributed by atoms with Crippen LogP contribution < -0.4 is 15.0 Å². The molecule has 0 amide bonds. The van der Waals surface area contributed by atoms with Crippen LogP contribution >= 0.6 is 11.8 Å². The molecule has 4 rings (SSSR count). The van der Waals surface area contributed by atoms with Gasteiger partial charge in [0.15, 0.2) is 22.5 Å². The number of aromatic nitrogens is 3. The number of ether oxygens (including phenoxy) is 2. The van der Waals surface area contributed by atoms with Crippen LogP contribution in [0.15, 0.2) is 46.5 Å². The van der Waals surface area contributed by atoms with Crippen molar-refractivity contribution in [1.29, 1.82) is 0 Å². The van der Waals surface area contributed by atoms with Gasteiger partial charge in [0.05, 0.1) is 17.9 Å². The molecule has 0 N–H and O–H groups in total. The molecular formula is C19H15F2N3O3S. The number of pyridine rings is 1. The summed E-state index contributed by atoms with van der Waals surface area (Å²) in [6.45, 7) is -0.482. The smallest absolute Gasteiger partial charge is 0.286 e. The van der Waals surface area contributed by atoms with Gasteiger partial charge < -0.3 is 14.0 Å². The largest absolute Gasteiger partial charge is 0.454 e. The molecule has 0 unspecified atom stereocenters. The second-order valence-corrected chi connectivity index (χ2v) is 6.84. The lowest BCUT2D eigenvalue weighted by atomic mass is 10.1. The molecular weight excluding hydrogens is 388 g/mol. The molecule has 1 aliphatic rings. The molecule has 144 valence electrons. The van der Waals surface area contributed by atoms with Gasteiger partial charge >= 0.3 is 0 Å². The maximum absolute atomic E-state index is 14.3. The van der Waals surface area contributed by atoms with Crippen LogP contribution in [0.1, 0.15) is 11.3 Å². The van der Waals surface area contributed by atoms with Gasteiger partial charge in [-0.3, -0.25) is 4.79 Å². The Morgan fingerprint density at radius 1 is 1.18 bits per heavy atom. The first kappa shape index (κ1) is 18.4. The average molecular weight is 403 g/mol. The summed E-state index contributed by atoms with van der Waals surface area (Å²) in [5, 5.41) is 0.374. The highest BCUT2D eigenvalue weighted by atomic mass is 32.2. The first-order valence-corrected chi connectivity index (χ1v) is 9.56. The van der Waals surface area contributed by atoms with E-state index in [4.69, 9.17) is 9.47 Å². The highest BCUT2D eigenvalue weighted by Gasteiger charge is 2.15. The lowest BCUT2D eigenvalue weighted by Gasteiger charge is -2.11. The van der Waals surface area contributed by atoms with E-state index >= 15 is 0 Å². The van der Waals surface area contributed by atoms with Gasteiger partial charge in [-0.1, -0.05) is 17.8 Å². The number of halogens is 2. The first-order valence-electron chi connectivity index (χ1n) is 8.34. The highest BCUT2D eigenvalue weighted by molar-refractivity contribution is 7.98. The van der Waals surface area contributed by atoms with Crippen molar-refractivity contribution in [3.8, 4) is 22.8 Å². The van der Waals surface area contributed by atoms with Crippen LogP contribution in [0.3, 0.4) is 0 Å². The molecule has 3 aromatic rings. The zero-order valence-electron chi connectivity index (χ0n) is 14.8. The molecule has 1 aromatic carbocycles. The Balaban J connectivity index is 1.74. The van der Waals surface area contributed by atoms with E-state index in [1.54, 1.807) is 24.5 Å². The molecule has 6 nitrogen and oxygen atoms in total. The van der Waals surface area contributed by atoms with Gasteiger partial charge in [-0.25, -0.2) is 18.7 Å². The molecule has 0 aliphatic carbocycles. The van der Waals surface area contributed by atoms with Crippen LogP contribution in [-0.4, -0.2) is 27.6 Å². The molecule has 0 fully saturated rings. The lowest BCUT2D eigenvalue weighted by molar-refractivity contribution is 0.174. The predicted octanol–water partition coefficient (Wildman–Crippen LogP) is 3.41. The fourth-order valence-electron chi connectivity index (χ4n) is 2.87. The quantitative estimate of drug-likeness (QED) is 0.481. The topological polar surface area (TPSA) is 66.2 Å². The molecule has 0 bridgehead atoms. The summed E-state index contributed by atoms with van der Waals surface area (Å²) in [5.74, 6) is 0.292. The van der Waals surface area contributed by atoms with Gasteiger partial charge in [-0.15, -0.1) is 0 Å². The normalized spacial score (nSPS) is 12.4. The van der Waals surface area contributed by atoms with E-state index in [0.717, 1.165) is 11.6 Å². The Morgan fingerprint density at radius 2 is 2.00 bits per heavy atom. The van der Waals surface area contributed by atoms with E-state index in [2.05, 4.69) is 9.97 Å². The van der Waals surface area contributed by atoms with E-state index in [-0.39, 0.29) is 19.0 Å². The number of thioether (sulfide) groups is 1. The zero-order valence-corrected chi connectivity index (χ0v) is 15.6. The van der Waals surface area contributed by atoms with Crippen molar-refractivity contribution in [2.24, 2.45) is 0 Å². The van der Waals surface area contributed by atoms with Crippen LogP contribution in [0, 0.1) is 5.82 Å². The first-order chi connectivity index (χ1) is 13.6. The van der Waals surface area contributed by atoms with Crippen molar-refractivity contribution in [1.82, 2.24) is 14.5 Å². The number of nitrogens with zero attached hydrogens (tertiary/aromatic N) is 3. The molecule has 3 heterocycles. The summed E-state index contributed by atoms with van der Waals surface area (Å²) < 4.78 is 39.3. The Labute approximate surface area is 163 Å². The third kappa shape index (κ3) is 3.57. The molecule has 28 heavy (non-hydrogen) atoms. The number of benzene rings is 1. The Kier molecular flexibility index (Phi) is 4.99. The van der Waals surface area contributed by atoms with Gasteiger partial charge in [0.2, 0.25) is 6.79 Å². The number of alkyl halides is 1. The molecule has 0 atom stereocenters. The molecule has 0 saturated carbocycles. The average Bonchev–Trinajstić information content (AvgIpc) is 3.18.